The number of aryl methyl sites for hydroxylation is 2. The minimum atomic E-state index is -3.74. The number of benzene rings is 1. The van der Waals surface area contributed by atoms with E-state index in [0.717, 1.165) is 16.1 Å². The highest BCUT2D eigenvalue weighted by atomic mass is 32.2. The van der Waals surface area contributed by atoms with Gasteiger partial charge >= 0.3 is 0 Å². The molecular weight excluding hydrogens is 380 g/mol. The van der Waals surface area contributed by atoms with Crippen molar-refractivity contribution >= 4 is 21.4 Å². The summed E-state index contributed by atoms with van der Waals surface area (Å²) in [4.78, 5) is 1.22. The lowest BCUT2D eigenvalue weighted by atomic mass is 10.2. The SMILES string of the molecule is CCOc1ccc(C)cc1S(=O)(=O)N(Cc1cccs1)Cc1cccn1C. The first-order valence-corrected chi connectivity index (χ1v) is 11.1. The normalized spacial score (nSPS) is 11.9. The molecule has 0 aliphatic carbocycles. The molecule has 0 saturated carbocycles. The molecule has 1 aromatic carbocycles. The zero-order valence-corrected chi connectivity index (χ0v) is 17.4. The van der Waals surface area contributed by atoms with Gasteiger partial charge in [-0.1, -0.05) is 12.1 Å². The second-order valence-corrected chi connectivity index (χ2v) is 9.28. The Kier molecular flexibility index (Phi) is 6.04. The Labute approximate surface area is 164 Å². The van der Waals surface area contributed by atoms with Crippen LogP contribution in [0, 0.1) is 6.92 Å². The second kappa shape index (κ2) is 8.29. The Bertz CT molecular complexity index is 992. The average Bonchev–Trinajstić information content (AvgIpc) is 3.28. The van der Waals surface area contributed by atoms with Gasteiger partial charge in [-0.3, -0.25) is 0 Å². The molecule has 3 rings (SSSR count). The number of hydrogen-bond donors (Lipinski definition) is 0. The van der Waals surface area contributed by atoms with E-state index in [4.69, 9.17) is 4.74 Å². The van der Waals surface area contributed by atoms with E-state index in [0.29, 0.717) is 25.4 Å². The topological polar surface area (TPSA) is 51.5 Å². The van der Waals surface area contributed by atoms with Crippen LogP contribution >= 0.6 is 11.3 Å². The number of sulfonamides is 1. The summed E-state index contributed by atoms with van der Waals surface area (Å²) in [7, 11) is -1.82. The van der Waals surface area contributed by atoms with Gasteiger partial charge < -0.3 is 9.30 Å². The fraction of sp³-hybridized carbons (Fsp3) is 0.300. The molecule has 2 heterocycles. The lowest BCUT2D eigenvalue weighted by Gasteiger charge is -2.23. The predicted molar refractivity (Wildman–Crippen MR) is 109 cm³/mol. The van der Waals surface area contributed by atoms with E-state index in [9.17, 15) is 8.42 Å². The molecule has 0 bridgehead atoms. The fourth-order valence-electron chi connectivity index (χ4n) is 2.87. The van der Waals surface area contributed by atoms with Crippen LogP contribution in [0.2, 0.25) is 0 Å². The Morgan fingerprint density at radius 1 is 1.15 bits per heavy atom. The third kappa shape index (κ3) is 4.43. The summed E-state index contributed by atoms with van der Waals surface area (Å²) in [5, 5.41) is 1.96. The third-order valence-corrected chi connectivity index (χ3v) is 6.99. The molecule has 0 saturated heterocycles. The van der Waals surface area contributed by atoms with Crippen molar-refractivity contribution in [3.05, 3.63) is 70.2 Å². The number of rotatable bonds is 8. The van der Waals surface area contributed by atoms with Gasteiger partial charge in [-0.15, -0.1) is 11.3 Å². The van der Waals surface area contributed by atoms with Crippen LogP contribution in [0.4, 0.5) is 0 Å². The van der Waals surface area contributed by atoms with Crippen molar-refractivity contribution in [2.24, 2.45) is 7.05 Å². The van der Waals surface area contributed by atoms with Crippen LogP contribution in [0.25, 0.3) is 0 Å². The fourth-order valence-corrected chi connectivity index (χ4v) is 5.28. The Morgan fingerprint density at radius 2 is 1.96 bits per heavy atom. The first-order valence-electron chi connectivity index (χ1n) is 8.78. The highest BCUT2D eigenvalue weighted by Crippen LogP contribution is 2.30. The minimum Gasteiger partial charge on any atom is -0.492 e. The van der Waals surface area contributed by atoms with E-state index in [1.54, 1.807) is 23.5 Å². The molecule has 5 nitrogen and oxygen atoms in total. The van der Waals surface area contributed by atoms with Crippen LogP contribution in [-0.2, 0) is 30.2 Å². The van der Waals surface area contributed by atoms with Crippen molar-refractivity contribution in [1.82, 2.24) is 8.87 Å². The van der Waals surface area contributed by atoms with E-state index in [-0.39, 0.29) is 4.90 Å². The molecule has 0 aliphatic heterocycles. The first kappa shape index (κ1) is 19.7. The molecule has 0 radical (unpaired) electrons. The summed E-state index contributed by atoms with van der Waals surface area (Å²) in [5.74, 6) is 0.395. The smallest absolute Gasteiger partial charge is 0.247 e. The summed E-state index contributed by atoms with van der Waals surface area (Å²) in [5.41, 5.74) is 1.81. The van der Waals surface area contributed by atoms with Gasteiger partial charge in [0.25, 0.3) is 0 Å². The summed E-state index contributed by atoms with van der Waals surface area (Å²) in [6.07, 6.45) is 1.92. The highest BCUT2D eigenvalue weighted by molar-refractivity contribution is 7.89. The zero-order chi connectivity index (χ0) is 19.4. The van der Waals surface area contributed by atoms with Crippen molar-refractivity contribution in [3.8, 4) is 5.75 Å². The van der Waals surface area contributed by atoms with Gasteiger partial charge in [-0.05, 0) is 55.1 Å². The second-order valence-electron chi connectivity index (χ2n) is 6.35. The standard InChI is InChI=1S/C20H24N2O3S2/c1-4-25-19-10-9-16(2)13-20(19)27(23,24)22(15-18-8-6-12-26-18)14-17-7-5-11-21(17)3/h5-13H,4,14-15H2,1-3H3. The Hall–Kier alpha value is -2.09. The molecular formula is C20H24N2O3S2. The monoisotopic (exact) mass is 404 g/mol. The van der Waals surface area contributed by atoms with Crippen LogP contribution in [0.3, 0.4) is 0 Å². The molecule has 0 N–H and O–H groups in total. The molecule has 0 unspecified atom stereocenters. The molecule has 0 spiro atoms. The summed E-state index contributed by atoms with van der Waals surface area (Å²) in [6.45, 7) is 4.77. The molecule has 3 aromatic rings. The molecule has 0 atom stereocenters. The number of nitrogens with zero attached hydrogens (tertiary/aromatic N) is 2. The van der Waals surface area contributed by atoms with Gasteiger partial charge in [0.05, 0.1) is 13.2 Å². The highest BCUT2D eigenvalue weighted by Gasteiger charge is 2.29. The van der Waals surface area contributed by atoms with Crippen LogP contribution < -0.4 is 4.74 Å². The number of aromatic nitrogens is 1. The number of ether oxygens (including phenoxy) is 1. The Balaban J connectivity index is 2.04. The van der Waals surface area contributed by atoms with Gasteiger partial charge in [-0.2, -0.15) is 4.31 Å². The van der Waals surface area contributed by atoms with Gasteiger partial charge in [0.2, 0.25) is 10.0 Å². The van der Waals surface area contributed by atoms with Crippen molar-refractivity contribution in [2.75, 3.05) is 6.61 Å². The van der Waals surface area contributed by atoms with Crippen molar-refractivity contribution in [3.63, 3.8) is 0 Å². The van der Waals surface area contributed by atoms with E-state index in [1.165, 1.54) is 4.31 Å². The van der Waals surface area contributed by atoms with Crippen molar-refractivity contribution in [1.29, 1.82) is 0 Å². The Morgan fingerprint density at radius 3 is 2.59 bits per heavy atom. The van der Waals surface area contributed by atoms with Crippen LogP contribution in [0.1, 0.15) is 23.1 Å². The quantitative estimate of drug-likeness (QED) is 0.566. The lowest BCUT2D eigenvalue weighted by Crippen LogP contribution is -2.31. The maximum Gasteiger partial charge on any atom is 0.247 e. The van der Waals surface area contributed by atoms with Gasteiger partial charge in [-0.25, -0.2) is 8.42 Å². The van der Waals surface area contributed by atoms with Crippen molar-refractivity contribution in [2.45, 2.75) is 31.8 Å². The van der Waals surface area contributed by atoms with Gasteiger partial charge in [0.15, 0.2) is 0 Å². The average molecular weight is 405 g/mol. The maximum atomic E-state index is 13.6. The van der Waals surface area contributed by atoms with E-state index in [1.807, 2.05) is 67.4 Å². The molecule has 27 heavy (non-hydrogen) atoms. The minimum absolute atomic E-state index is 0.218. The summed E-state index contributed by atoms with van der Waals surface area (Å²) in [6, 6.07) is 13.0. The molecule has 2 aromatic heterocycles. The van der Waals surface area contributed by atoms with Crippen molar-refractivity contribution < 1.29 is 13.2 Å². The molecule has 144 valence electrons. The number of thiophene rings is 1. The molecule has 7 heteroatoms. The van der Waals surface area contributed by atoms with Gasteiger partial charge in [0, 0.05) is 30.4 Å². The maximum absolute atomic E-state index is 13.6. The zero-order valence-electron chi connectivity index (χ0n) is 15.8. The molecule has 0 fully saturated rings. The summed E-state index contributed by atoms with van der Waals surface area (Å²) < 4.78 is 36.2. The largest absolute Gasteiger partial charge is 0.492 e. The van der Waals surface area contributed by atoms with E-state index in [2.05, 4.69) is 0 Å². The lowest BCUT2D eigenvalue weighted by molar-refractivity contribution is 0.327. The van der Waals surface area contributed by atoms with Crippen LogP contribution in [0.15, 0.2) is 58.9 Å². The molecule has 0 amide bonds. The third-order valence-electron chi connectivity index (χ3n) is 4.32. The van der Waals surface area contributed by atoms with E-state index >= 15 is 0 Å². The predicted octanol–water partition coefficient (Wildman–Crippen LogP) is 4.18. The first-order chi connectivity index (χ1) is 12.9. The van der Waals surface area contributed by atoms with Gasteiger partial charge in [0.1, 0.15) is 10.6 Å². The van der Waals surface area contributed by atoms with E-state index < -0.39 is 10.0 Å². The summed E-state index contributed by atoms with van der Waals surface area (Å²) >= 11 is 1.55. The van der Waals surface area contributed by atoms with Crippen LogP contribution in [0.5, 0.6) is 5.75 Å². The number of hydrogen-bond acceptors (Lipinski definition) is 4. The van der Waals surface area contributed by atoms with Crippen LogP contribution in [-0.4, -0.2) is 23.9 Å². The molecule has 0 aliphatic rings.